The molecule has 3 heteroatoms. The summed E-state index contributed by atoms with van der Waals surface area (Å²) in [5, 5.41) is 4.31. The van der Waals surface area contributed by atoms with Crippen LogP contribution in [0.3, 0.4) is 0 Å². The van der Waals surface area contributed by atoms with E-state index < -0.39 is 0 Å². The molecular weight excluding hydrogens is 280 g/mol. The number of aromatic nitrogens is 1. The monoisotopic (exact) mass is 302 g/mol. The van der Waals surface area contributed by atoms with Crippen molar-refractivity contribution in [2.45, 2.75) is 32.7 Å². The quantitative estimate of drug-likeness (QED) is 0.831. The van der Waals surface area contributed by atoms with E-state index in [1.165, 1.54) is 11.1 Å². The van der Waals surface area contributed by atoms with Crippen LogP contribution in [0.15, 0.2) is 48.8 Å². The zero-order chi connectivity index (χ0) is 15.1. The van der Waals surface area contributed by atoms with Gasteiger partial charge in [0.25, 0.3) is 0 Å². The Morgan fingerprint density at radius 1 is 1.10 bits per heavy atom. The molecule has 0 bridgehead atoms. The molecule has 2 nitrogen and oxygen atoms in total. The van der Waals surface area contributed by atoms with Crippen molar-refractivity contribution in [3.05, 3.63) is 64.9 Å². The zero-order valence-corrected chi connectivity index (χ0v) is 13.5. The van der Waals surface area contributed by atoms with Crippen LogP contribution < -0.4 is 5.32 Å². The average molecular weight is 303 g/mol. The Balaban J connectivity index is 2.06. The van der Waals surface area contributed by atoms with Crippen molar-refractivity contribution in [1.82, 2.24) is 10.3 Å². The molecule has 1 unspecified atom stereocenters. The number of pyridine rings is 1. The van der Waals surface area contributed by atoms with E-state index in [0.717, 1.165) is 24.4 Å². The van der Waals surface area contributed by atoms with Crippen LogP contribution in [0.25, 0.3) is 0 Å². The molecule has 2 aromatic rings. The Kier molecular flexibility index (Phi) is 6.21. The van der Waals surface area contributed by atoms with Crippen LogP contribution >= 0.6 is 11.6 Å². The maximum Gasteiger partial charge on any atom is 0.0621 e. The Labute approximate surface area is 132 Å². The van der Waals surface area contributed by atoms with Crippen LogP contribution in [0.2, 0.25) is 5.02 Å². The summed E-state index contributed by atoms with van der Waals surface area (Å²) in [5.41, 5.74) is 2.55. The molecule has 2 rings (SSSR count). The second kappa shape index (κ2) is 8.16. The van der Waals surface area contributed by atoms with Crippen molar-refractivity contribution in [3.63, 3.8) is 0 Å². The highest BCUT2D eigenvalue weighted by Gasteiger charge is 2.13. The molecule has 0 amide bonds. The van der Waals surface area contributed by atoms with Crippen LogP contribution in [0.5, 0.6) is 0 Å². The van der Waals surface area contributed by atoms with Gasteiger partial charge in [-0.3, -0.25) is 4.98 Å². The van der Waals surface area contributed by atoms with Crippen molar-refractivity contribution in [1.29, 1.82) is 0 Å². The second-order valence-corrected chi connectivity index (χ2v) is 6.20. The molecule has 21 heavy (non-hydrogen) atoms. The predicted octanol–water partition coefficient (Wildman–Crippen LogP) is 4.13. The fraction of sp³-hybridized carbons (Fsp3) is 0.389. The average Bonchev–Trinajstić information content (AvgIpc) is 2.48. The first-order valence-corrected chi connectivity index (χ1v) is 7.88. The van der Waals surface area contributed by atoms with Crippen molar-refractivity contribution < 1.29 is 0 Å². The van der Waals surface area contributed by atoms with Crippen molar-refractivity contribution in [2.75, 3.05) is 6.54 Å². The molecule has 1 heterocycles. The Morgan fingerprint density at radius 3 is 2.52 bits per heavy atom. The lowest BCUT2D eigenvalue weighted by Gasteiger charge is -2.20. The van der Waals surface area contributed by atoms with Gasteiger partial charge < -0.3 is 5.32 Å². The van der Waals surface area contributed by atoms with Crippen LogP contribution in [0.1, 0.15) is 25.0 Å². The minimum Gasteiger partial charge on any atom is -0.314 e. The van der Waals surface area contributed by atoms with E-state index in [1.807, 2.05) is 12.3 Å². The fourth-order valence-corrected chi connectivity index (χ4v) is 2.64. The molecule has 0 spiro atoms. The number of halogens is 1. The molecule has 0 aliphatic heterocycles. The lowest BCUT2D eigenvalue weighted by atomic mass is 9.92. The normalized spacial score (nSPS) is 12.6. The third-order valence-electron chi connectivity index (χ3n) is 3.55. The molecule has 0 aliphatic carbocycles. The van der Waals surface area contributed by atoms with Crippen LogP contribution in [0, 0.1) is 5.92 Å². The predicted molar refractivity (Wildman–Crippen MR) is 89.7 cm³/mol. The number of nitrogens with one attached hydrogen (secondary N) is 1. The zero-order valence-electron chi connectivity index (χ0n) is 12.7. The first kappa shape index (κ1) is 16.0. The van der Waals surface area contributed by atoms with Gasteiger partial charge in [-0.25, -0.2) is 0 Å². The van der Waals surface area contributed by atoms with Gasteiger partial charge in [-0.05, 0) is 42.5 Å². The van der Waals surface area contributed by atoms with Gasteiger partial charge in [0.05, 0.1) is 5.02 Å². The maximum atomic E-state index is 6.25. The lowest BCUT2D eigenvalue weighted by Crippen LogP contribution is -2.31. The van der Waals surface area contributed by atoms with Crippen molar-refractivity contribution >= 4 is 11.6 Å². The molecule has 0 saturated heterocycles. The highest BCUT2D eigenvalue weighted by molar-refractivity contribution is 6.31. The summed E-state index contributed by atoms with van der Waals surface area (Å²) in [6.45, 7) is 5.35. The molecule has 1 N–H and O–H groups in total. The first-order chi connectivity index (χ1) is 10.1. The molecule has 0 fully saturated rings. The van der Waals surface area contributed by atoms with Crippen LogP contribution in [0.4, 0.5) is 0 Å². The molecule has 0 saturated carbocycles. The Bertz CT molecular complexity index is 540. The van der Waals surface area contributed by atoms with Gasteiger partial charge in [0.2, 0.25) is 0 Å². The largest absolute Gasteiger partial charge is 0.314 e. The summed E-state index contributed by atoms with van der Waals surface area (Å²) in [4.78, 5) is 4.06. The number of hydrogen-bond donors (Lipinski definition) is 1. The molecular formula is C18H23ClN2. The van der Waals surface area contributed by atoms with Crippen molar-refractivity contribution in [3.8, 4) is 0 Å². The Hall–Kier alpha value is -1.38. The lowest BCUT2D eigenvalue weighted by molar-refractivity contribution is 0.444. The highest BCUT2D eigenvalue weighted by Crippen LogP contribution is 2.20. The van der Waals surface area contributed by atoms with Gasteiger partial charge in [0.1, 0.15) is 0 Å². The highest BCUT2D eigenvalue weighted by atomic mass is 35.5. The Morgan fingerprint density at radius 2 is 1.86 bits per heavy atom. The topological polar surface area (TPSA) is 24.9 Å². The molecule has 1 atom stereocenters. The number of nitrogens with zero attached hydrogens (tertiary/aromatic N) is 1. The van der Waals surface area contributed by atoms with Crippen LogP contribution in [-0.4, -0.2) is 17.6 Å². The maximum absolute atomic E-state index is 6.25. The summed E-state index contributed by atoms with van der Waals surface area (Å²) in [5.74, 6) is 0.523. The van der Waals surface area contributed by atoms with Crippen molar-refractivity contribution in [2.24, 2.45) is 5.92 Å². The first-order valence-electron chi connectivity index (χ1n) is 7.51. The van der Waals surface area contributed by atoms with E-state index in [1.54, 1.807) is 6.20 Å². The number of rotatable bonds is 7. The van der Waals surface area contributed by atoms with E-state index in [0.29, 0.717) is 12.0 Å². The van der Waals surface area contributed by atoms with Gasteiger partial charge in [-0.1, -0.05) is 55.8 Å². The summed E-state index contributed by atoms with van der Waals surface area (Å²) in [6.07, 6.45) is 5.57. The molecule has 112 valence electrons. The summed E-state index contributed by atoms with van der Waals surface area (Å²) in [7, 11) is 0. The minimum absolute atomic E-state index is 0.496. The molecule has 1 aromatic heterocycles. The third kappa shape index (κ3) is 5.49. The van der Waals surface area contributed by atoms with Gasteiger partial charge in [-0.2, -0.15) is 0 Å². The van der Waals surface area contributed by atoms with Gasteiger partial charge in [-0.15, -0.1) is 0 Å². The van der Waals surface area contributed by atoms with E-state index in [4.69, 9.17) is 11.6 Å². The van der Waals surface area contributed by atoms with Gasteiger partial charge in [0.15, 0.2) is 0 Å². The smallest absolute Gasteiger partial charge is 0.0621 e. The van der Waals surface area contributed by atoms with Gasteiger partial charge in [0, 0.05) is 18.4 Å². The summed E-state index contributed by atoms with van der Waals surface area (Å²) >= 11 is 6.25. The second-order valence-electron chi connectivity index (χ2n) is 5.79. The minimum atomic E-state index is 0.496. The standard InChI is InChI=1S/C18H23ClN2/c1-14(2)21-12-16(10-15-6-4-3-5-7-15)11-17-8-9-20-13-18(17)19/h3-9,13-14,16,21H,10-12H2,1-2H3. The SMILES string of the molecule is CC(C)NCC(Cc1ccccc1)Cc1ccncc1Cl. The third-order valence-corrected chi connectivity index (χ3v) is 3.89. The van der Waals surface area contributed by atoms with Crippen LogP contribution in [-0.2, 0) is 12.8 Å². The van der Waals surface area contributed by atoms with E-state index in [2.05, 4.69) is 54.5 Å². The molecule has 0 radical (unpaired) electrons. The summed E-state index contributed by atoms with van der Waals surface area (Å²) < 4.78 is 0. The van der Waals surface area contributed by atoms with E-state index in [-0.39, 0.29) is 0 Å². The number of benzene rings is 1. The fourth-order valence-electron chi connectivity index (χ4n) is 2.45. The van der Waals surface area contributed by atoms with E-state index in [9.17, 15) is 0 Å². The van der Waals surface area contributed by atoms with Gasteiger partial charge >= 0.3 is 0 Å². The molecule has 0 aliphatic rings. The van der Waals surface area contributed by atoms with E-state index >= 15 is 0 Å². The summed E-state index contributed by atoms with van der Waals surface area (Å²) in [6, 6.07) is 13.2. The number of hydrogen-bond acceptors (Lipinski definition) is 2. The molecule has 1 aromatic carbocycles.